The number of benzene rings is 1. The highest BCUT2D eigenvalue weighted by molar-refractivity contribution is 6.33. The summed E-state index contributed by atoms with van der Waals surface area (Å²) in [6.07, 6.45) is 8.67. The molecule has 0 bridgehead atoms. The lowest BCUT2D eigenvalue weighted by molar-refractivity contribution is 0.328. The zero-order valence-corrected chi connectivity index (χ0v) is 12.3. The van der Waals surface area contributed by atoms with Crippen molar-refractivity contribution in [2.24, 2.45) is 0 Å². The van der Waals surface area contributed by atoms with Gasteiger partial charge in [-0.05, 0) is 31.0 Å². The molecule has 1 fully saturated rings. The topological polar surface area (TPSA) is 29.9 Å². The first-order valence-electron chi connectivity index (χ1n) is 7.35. The molecule has 0 saturated heterocycles. The van der Waals surface area contributed by atoms with Crippen LogP contribution in [-0.2, 0) is 6.54 Å². The third-order valence-corrected chi connectivity index (χ3v) is 4.28. The molecule has 0 radical (unpaired) electrons. The first kappa shape index (κ1) is 13.5. The van der Waals surface area contributed by atoms with E-state index in [1.165, 1.54) is 32.1 Å². The molecule has 4 heteroatoms. The van der Waals surface area contributed by atoms with Crippen LogP contribution in [0.1, 0.15) is 43.8 Å². The molecule has 0 atom stereocenters. The minimum atomic E-state index is 0.595. The lowest BCUT2D eigenvalue weighted by Gasteiger charge is -2.21. The van der Waals surface area contributed by atoms with Crippen LogP contribution in [0.15, 0.2) is 36.5 Å². The van der Waals surface area contributed by atoms with Gasteiger partial charge in [0.25, 0.3) is 0 Å². The third kappa shape index (κ3) is 3.15. The summed E-state index contributed by atoms with van der Waals surface area (Å²) in [5.74, 6) is 0. The van der Waals surface area contributed by atoms with E-state index in [1.807, 2.05) is 24.3 Å². The van der Waals surface area contributed by atoms with E-state index in [1.54, 1.807) is 0 Å². The van der Waals surface area contributed by atoms with Crippen LogP contribution in [-0.4, -0.2) is 9.78 Å². The number of nitrogens with zero attached hydrogens (tertiary/aromatic N) is 2. The number of aromatic nitrogens is 2. The first-order valence-corrected chi connectivity index (χ1v) is 7.73. The summed E-state index contributed by atoms with van der Waals surface area (Å²) in [6, 6.07) is 10.5. The predicted octanol–water partition coefficient (Wildman–Crippen LogP) is 4.65. The minimum Gasteiger partial charge on any atom is -0.378 e. The Kier molecular flexibility index (Phi) is 4.26. The van der Waals surface area contributed by atoms with E-state index in [0.717, 1.165) is 16.4 Å². The molecule has 2 aromatic rings. The molecule has 1 aliphatic rings. The van der Waals surface area contributed by atoms with Gasteiger partial charge >= 0.3 is 0 Å². The van der Waals surface area contributed by atoms with Gasteiger partial charge in [-0.1, -0.05) is 43.0 Å². The molecule has 0 unspecified atom stereocenters. The second-order valence-corrected chi connectivity index (χ2v) is 5.82. The summed E-state index contributed by atoms with van der Waals surface area (Å²) in [5, 5.41) is 8.78. The molecule has 1 aromatic carbocycles. The van der Waals surface area contributed by atoms with E-state index in [4.69, 9.17) is 11.6 Å². The Balaban J connectivity index is 1.61. The Morgan fingerprint density at radius 1 is 1.15 bits per heavy atom. The van der Waals surface area contributed by atoms with Crippen LogP contribution in [0.2, 0.25) is 5.02 Å². The lowest BCUT2D eigenvalue weighted by Crippen LogP contribution is -2.13. The molecule has 20 heavy (non-hydrogen) atoms. The number of halogens is 1. The van der Waals surface area contributed by atoms with Crippen molar-refractivity contribution in [3.05, 3.63) is 47.2 Å². The quantitative estimate of drug-likeness (QED) is 0.887. The molecule has 0 aliphatic heterocycles. The van der Waals surface area contributed by atoms with E-state index in [-0.39, 0.29) is 0 Å². The highest BCUT2D eigenvalue weighted by atomic mass is 35.5. The molecule has 1 heterocycles. The SMILES string of the molecule is Clc1ccccc1NCc1ccn(C2CCCCC2)n1. The Labute approximate surface area is 124 Å². The number of nitrogens with one attached hydrogen (secondary N) is 1. The highest BCUT2D eigenvalue weighted by Crippen LogP contribution is 2.27. The summed E-state index contributed by atoms with van der Waals surface area (Å²) in [4.78, 5) is 0. The number of para-hydroxylation sites is 1. The van der Waals surface area contributed by atoms with Gasteiger partial charge in [0.15, 0.2) is 0 Å². The monoisotopic (exact) mass is 289 g/mol. The van der Waals surface area contributed by atoms with Crippen LogP contribution in [0, 0.1) is 0 Å². The second-order valence-electron chi connectivity index (χ2n) is 5.41. The second kappa shape index (κ2) is 6.31. The molecule has 0 spiro atoms. The summed E-state index contributed by atoms with van der Waals surface area (Å²) < 4.78 is 2.14. The van der Waals surface area contributed by atoms with Gasteiger partial charge in [-0.15, -0.1) is 0 Å². The van der Waals surface area contributed by atoms with Crippen molar-refractivity contribution in [2.45, 2.75) is 44.7 Å². The van der Waals surface area contributed by atoms with Crippen molar-refractivity contribution in [1.29, 1.82) is 0 Å². The summed E-state index contributed by atoms with van der Waals surface area (Å²) >= 11 is 6.13. The number of hydrogen-bond donors (Lipinski definition) is 1. The molecule has 1 saturated carbocycles. The van der Waals surface area contributed by atoms with E-state index < -0.39 is 0 Å². The molecule has 3 nitrogen and oxygen atoms in total. The minimum absolute atomic E-state index is 0.595. The van der Waals surface area contributed by atoms with Gasteiger partial charge in [-0.2, -0.15) is 5.10 Å². The molecule has 1 aromatic heterocycles. The van der Waals surface area contributed by atoms with E-state index >= 15 is 0 Å². The largest absolute Gasteiger partial charge is 0.378 e. The van der Waals surface area contributed by atoms with E-state index in [9.17, 15) is 0 Å². The van der Waals surface area contributed by atoms with Crippen LogP contribution in [0.3, 0.4) is 0 Å². The van der Waals surface area contributed by atoms with Crippen molar-refractivity contribution >= 4 is 17.3 Å². The maximum atomic E-state index is 6.13. The smallest absolute Gasteiger partial charge is 0.0815 e. The Hall–Kier alpha value is -1.48. The van der Waals surface area contributed by atoms with Gasteiger partial charge in [-0.25, -0.2) is 0 Å². The van der Waals surface area contributed by atoms with Crippen molar-refractivity contribution < 1.29 is 0 Å². The zero-order valence-electron chi connectivity index (χ0n) is 11.6. The Bertz CT molecular complexity index is 558. The fourth-order valence-corrected chi connectivity index (χ4v) is 3.01. The van der Waals surface area contributed by atoms with Crippen molar-refractivity contribution in [3.63, 3.8) is 0 Å². The van der Waals surface area contributed by atoms with Crippen molar-refractivity contribution in [2.75, 3.05) is 5.32 Å². The zero-order chi connectivity index (χ0) is 13.8. The fourth-order valence-electron chi connectivity index (χ4n) is 2.81. The van der Waals surface area contributed by atoms with E-state index in [0.29, 0.717) is 12.6 Å². The highest BCUT2D eigenvalue weighted by Gasteiger charge is 2.15. The average Bonchev–Trinajstić information content (AvgIpc) is 2.96. The van der Waals surface area contributed by atoms with Crippen LogP contribution < -0.4 is 5.32 Å². The van der Waals surface area contributed by atoms with Crippen LogP contribution in [0.5, 0.6) is 0 Å². The number of rotatable bonds is 4. The molecule has 106 valence electrons. The predicted molar refractivity (Wildman–Crippen MR) is 83.1 cm³/mol. The van der Waals surface area contributed by atoms with Gasteiger partial charge in [0.05, 0.1) is 29.0 Å². The van der Waals surface area contributed by atoms with Crippen molar-refractivity contribution in [3.8, 4) is 0 Å². The third-order valence-electron chi connectivity index (χ3n) is 3.95. The summed E-state index contributed by atoms with van der Waals surface area (Å²) in [5.41, 5.74) is 2.02. The number of hydrogen-bond acceptors (Lipinski definition) is 2. The number of anilines is 1. The first-order chi connectivity index (χ1) is 9.83. The molecule has 0 amide bonds. The molecule has 3 rings (SSSR count). The Morgan fingerprint density at radius 3 is 2.75 bits per heavy atom. The summed E-state index contributed by atoms with van der Waals surface area (Å²) in [7, 11) is 0. The van der Waals surface area contributed by atoms with Crippen LogP contribution in [0.25, 0.3) is 0 Å². The standard InChI is InChI=1S/C16H20ClN3/c17-15-8-4-5-9-16(15)18-12-13-10-11-20(19-13)14-6-2-1-3-7-14/h4-5,8-11,14,18H,1-3,6-7,12H2. The van der Waals surface area contributed by atoms with Gasteiger partial charge in [0.2, 0.25) is 0 Å². The summed E-state index contributed by atoms with van der Waals surface area (Å²) in [6.45, 7) is 0.712. The van der Waals surface area contributed by atoms with Gasteiger partial charge < -0.3 is 5.32 Å². The molecule has 1 N–H and O–H groups in total. The van der Waals surface area contributed by atoms with Crippen LogP contribution in [0.4, 0.5) is 5.69 Å². The van der Waals surface area contributed by atoms with Crippen LogP contribution >= 0.6 is 11.6 Å². The maximum absolute atomic E-state index is 6.13. The van der Waals surface area contributed by atoms with E-state index in [2.05, 4.69) is 27.4 Å². The van der Waals surface area contributed by atoms with Crippen molar-refractivity contribution in [1.82, 2.24) is 9.78 Å². The Morgan fingerprint density at radius 2 is 1.95 bits per heavy atom. The molecular weight excluding hydrogens is 270 g/mol. The maximum Gasteiger partial charge on any atom is 0.0815 e. The van der Waals surface area contributed by atoms with Gasteiger partial charge in [-0.3, -0.25) is 4.68 Å². The molecule has 1 aliphatic carbocycles. The van der Waals surface area contributed by atoms with Gasteiger partial charge in [0, 0.05) is 6.20 Å². The average molecular weight is 290 g/mol. The lowest BCUT2D eigenvalue weighted by atomic mass is 9.96. The fraction of sp³-hybridized carbons (Fsp3) is 0.438. The normalized spacial score (nSPS) is 16.2. The molecular formula is C16H20ClN3. The van der Waals surface area contributed by atoms with Gasteiger partial charge in [0.1, 0.15) is 0 Å².